The van der Waals surface area contributed by atoms with E-state index in [2.05, 4.69) is 11.1 Å². The van der Waals surface area contributed by atoms with Gasteiger partial charge in [-0.3, -0.25) is 4.79 Å². The van der Waals surface area contributed by atoms with Crippen LogP contribution in [0.25, 0.3) is 0 Å². The van der Waals surface area contributed by atoms with Gasteiger partial charge in [-0.2, -0.15) is 5.26 Å². The molecule has 0 fully saturated rings. The van der Waals surface area contributed by atoms with Crippen LogP contribution in [0.1, 0.15) is 32.7 Å². The van der Waals surface area contributed by atoms with Crippen molar-refractivity contribution >= 4 is 40.7 Å². The fourth-order valence-electron chi connectivity index (χ4n) is 2.03. The van der Waals surface area contributed by atoms with E-state index in [0.717, 1.165) is 16.8 Å². The molecular weight excluding hydrogens is 351 g/mol. The van der Waals surface area contributed by atoms with Crippen LogP contribution >= 0.6 is 35.0 Å². The number of carbonyl (C=O) groups excluding carboxylic acids is 1. The molecular formula is C17H14Cl2N2OS. The van der Waals surface area contributed by atoms with Crippen LogP contribution in [0.4, 0.5) is 0 Å². The van der Waals surface area contributed by atoms with E-state index in [1.54, 1.807) is 18.2 Å². The molecule has 0 unspecified atom stereocenters. The minimum Gasteiger partial charge on any atom is -0.293 e. The number of ketones is 1. The van der Waals surface area contributed by atoms with E-state index in [0.29, 0.717) is 26.2 Å². The normalized spacial score (nSPS) is 10.4. The van der Waals surface area contributed by atoms with Gasteiger partial charge in [-0.25, -0.2) is 4.98 Å². The number of aryl methyl sites for hydroxylation is 1. The third-order valence-corrected chi connectivity index (χ3v) is 5.37. The van der Waals surface area contributed by atoms with E-state index in [1.807, 2.05) is 20.8 Å². The summed E-state index contributed by atoms with van der Waals surface area (Å²) in [6, 6.07) is 6.97. The summed E-state index contributed by atoms with van der Waals surface area (Å²) in [5, 5.41) is 10.7. The lowest BCUT2D eigenvalue weighted by Gasteiger charge is -2.11. The molecule has 0 bridgehead atoms. The van der Waals surface area contributed by atoms with E-state index in [9.17, 15) is 10.1 Å². The number of hydrogen-bond acceptors (Lipinski definition) is 4. The Labute approximate surface area is 149 Å². The quantitative estimate of drug-likeness (QED) is 0.555. The summed E-state index contributed by atoms with van der Waals surface area (Å²) in [6.07, 6.45) is 0. The Morgan fingerprint density at radius 1 is 1.22 bits per heavy atom. The lowest BCUT2D eigenvalue weighted by molar-refractivity contribution is 0.102. The molecule has 0 aliphatic carbocycles. The molecule has 0 atom stereocenters. The van der Waals surface area contributed by atoms with Crippen molar-refractivity contribution in [3.8, 4) is 6.07 Å². The first-order valence-electron chi connectivity index (χ1n) is 6.84. The number of pyridine rings is 1. The Kier molecular flexibility index (Phi) is 5.69. The highest BCUT2D eigenvalue weighted by molar-refractivity contribution is 8.00. The SMILES string of the molecule is Cc1nc(SCC(=O)c2ccc(Cl)c(Cl)c2)c(C#N)c(C)c1C. The van der Waals surface area contributed by atoms with E-state index < -0.39 is 0 Å². The monoisotopic (exact) mass is 364 g/mol. The minimum atomic E-state index is -0.0878. The zero-order valence-corrected chi connectivity index (χ0v) is 15.2. The second kappa shape index (κ2) is 7.35. The van der Waals surface area contributed by atoms with Crippen molar-refractivity contribution in [2.45, 2.75) is 25.8 Å². The maximum atomic E-state index is 12.3. The van der Waals surface area contributed by atoms with Crippen LogP contribution in [0.5, 0.6) is 0 Å². The van der Waals surface area contributed by atoms with Crippen molar-refractivity contribution in [1.29, 1.82) is 5.26 Å². The lowest BCUT2D eigenvalue weighted by atomic mass is 10.1. The Bertz CT molecular complexity index is 828. The number of halogens is 2. The molecule has 0 N–H and O–H groups in total. The van der Waals surface area contributed by atoms with Crippen LogP contribution < -0.4 is 0 Å². The van der Waals surface area contributed by atoms with E-state index >= 15 is 0 Å². The summed E-state index contributed by atoms with van der Waals surface area (Å²) in [5.41, 5.74) is 3.79. The third kappa shape index (κ3) is 3.87. The molecule has 1 aromatic carbocycles. The molecule has 1 heterocycles. The molecule has 0 amide bonds. The Morgan fingerprint density at radius 2 is 1.91 bits per heavy atom. The predicted molar refractivity (Wildman–Crippen MR) is 94.7 cm³/mol. The Morgan fingerprint density at radius 3 is 2.52 bits per heavy atom. The van der Waals surface area contributed by atoms with E-state index in [1.165, 1.54) is 11.8 Å². The largest absolute Gasteiger partial charge is 0.293 e. The number of Topliss-reactive ketones (excluding diaryl/α,β-unsaturated/α-hetero) is 1. The van der Waals surface area contributed by atoms with Crippen LogP contribution in [0.15, 0.2) is 23.2 Å². The Balaban J connectivity index is 2.22. The highest BCUT2D eigenvalue weighted by atomic mass is 35.5. The number of aromatic nitrogens is 1. The molecule has 23 heavy (non-hydrogen) atoms. The molecule has 0 aliphatic rings. The molecule has 2 aromatic rings. The van der Waals surface area contributed by atoms with Gasteiger partial charge in [0.2, 0.25) is 0 Å². The van der Waals surface area contributed by atoms with Gasteiger partial charge in [0.05, 0.1) is 21.4 Å². The number of nitriles is 1. The van der Waals surface area contributed by atoms with Crippen LogP contribution in [0, 0.1) is 32.1 Å². The lowest BCUT2D eigenvalue weighted by Crippen LogP contribution is -2.05. The molecule has 0 saturated carbocycles. The summed E-state index contributed by atoms with van der Waals surface area (Å²) in [7, 11) is 0. The summed E-state index contributed by atoms with van der Waals surface area (Å²) in [6.45, 7) is 5.73. The maximum Gasteiger partial charge on any atom is 0.173 e. The average molecular weight is 365 g/mol. The molecule has 2 rings (SSSR count). The molecule has 0 radical (unpaired) electrons. The third-order valence-electron chi connectivity index (χ3n) is 3.66. The molecule has 118 valence electrons. The first-order chi connectivity index (χ1) is 10.8. The van der Waals surface area contributed by atoms with Gasteiger partial charge in [0, 0.05) is 11.3 Å². The summed E-state index contributed by atoms with van der Waals surface area (Å²) in [5.74, 6) is 0.0943. The van der Waals surface area contributed by atoms with Gasteiger partial charge < -0.3 is 0 Å². The highest BCUT2D eigenvalue weighted by Gasteiger charge is 2.15. The summed E-state index contributed by atoms with van der Waals surface area (Å²) in [4.78, 5) is 16.7. The van der Waals surface area contributed by atoms with Gasteiger partial charge in [0.1, 0.15) is 11.1 Å². The van der Waals surface area contributed by atoms with Crippen molar-refractivity contribution in [2.75, 3.05) is 5.75 Å². The fourth-order valence-corrected chi connectivity index (χ4v) is 3.31. The van der Waals surface area contributed by atoms with Gasteiger partial charge in [-0.05, 0) is 50.1 Å². The summed E-state index contributed by atoms with van der Waals surface area (Å²) < 4.78 is 0. The summed E-state index contributed by atoms with van der Waals surface area (Å²) >= 11 is 13.1. The van der Waals surface area contributed by atoms with Crippen molar-refractivity contribution in [2.24, 2.45) is 0 Å². The predicted octanol–water partition coefficient (Wildman–Crippen LogP) is 5.16. The van der Waals surface area contributed by atoms with Crippen LogP contribution in [-0.4, -0.2) is 16.5 Å². The average Bonchev–Trinajstić information content (AvgIpc) is 2.53. The van der Waals surface area contributed by atoms with E-state index in [4.69, 9.17) is 23.2 Å². The number of nitrogens with zero attached hydrogens (tertiary/aromatic N) is 2. The van der Waals surface area contributed by atoms with Crippen LogP contribution in [-0.2, 0) is 0 Å². The van der Waals surface area contributed by atoms with Gasteiger partial charge >= 0.3 is 0 Å². The van der Waals surface area contributed by atoms with Crippen molar-refractivity contribution < 1.29 is 4.79 Å². The molecule has 0 aliphatic heterocycles. The standard InChI is InChI=1S/C17H14Cl2N2OS/c1-9-10(2)13(7-20)17(21-11(9)3)23-8-16(22)12-4-5-14(18)15(19)6-12/h4-6H,8H2,1-3H3. The maximum absolute atomic E-state index is 12.3. The highest BCUT2D eigenvalue weighted by Crippen LogP contribution is 2.28. The van der Waals surface area contributed by atoms with E-state index in [-0.39, 0.29) is 11.5 Å². The van der Waals surface area contributed by atoms with Crippen LogP contribution in [0.2, 0.25) is 10.0 Å². The number of benzene rings is 1. The van der Waals surface area contributed by atoms with Crippen molar-refractivity contribution in [3.05, 3.63) is 56.2 Å². The second-order valence-electron chi connectivity index (χ2n) is 5.08. The van der Waals surface area contributed by atoms with Gasteiger partial charge in [-0.1, -0.05) is 35.0 Å². The smallest absolute Gasteiger partial charge is 0.173 e. The zero-order chi connectivity index (χ0) is 17.1. The molecule has 1 aromatic heterocycles. The molecule has 3 nitrogen and oxygen atoms in total. The van der Waals surface area contributed by atoms with Crippen molar-refractivity contribution in [1.82, 2.24) is 4.98 Å². The topological polar surface area (TPSA) is 53.8 Å². The number of carbonyl (C=O) groups is 1. The first kappa shape index (κ1) is 17.8. The fraction of sp³-hybridized carbons (Fsp3) is 0.235. The molecule has 0 saturated heterocycles. The number of thioether (sulfide) groups is 1. The minimum absolute atomic E-state index is 0.0878. The molecule has 0 spiro atoms. The van der Waals surface area contributed by atoms with Gasteiger partial charge in [0.15, 0.2) is 5.78 Å². The van der Waals surface area contributed by atoms with Gasteiger partial charge in [0.25, 0.3) is 0 Å². The zero-order valence-electron chi connectivity index (χ0n) is 12.9. The number of hydrogen-bond donors (Lipinski definition) is 0. The number of rotatable bonds is 4. The second-order valence-corrected chi connectivity index (χ2v) is 6.86. The van der Waals surface area contributed by atoms with Gasteiger partial charge in [-0.15, -0.1) is 0 Å². The van der Waals surface area contributed by atoms with Crippen molar-refractivity contribution in [3.63, 3.8) is 0 Å². The van der Waals surface area contributed by atoms with Crippen LogP contribution in [0.3, 0.4) is 0 Å². The Hall–Kier alpha value is -1.54. The first-order valence-corrected chi connectivity index (χ1v) is 8.58. The molecule has 6 heteroatoms.